The lowest BCUT2D eigenvalue weighted by atomic mass is 9.96. The Morgan fingerprint density at radius 2 is 2.00 bits per heavy atom. The van der Waals surface area contributed by atoms with Crippen LogP contribution in [0.4, 0.5) is 10.5 Å². The molecule has 0 radical (unpaired) electrons. The molecule has 1 saturated heterocycles. The summed E-state index contributed by atoms with van der Waals surface area (Å²) in [5.74, 6) is -1.61. The molecule has 0 bridgehead atoms. The molecule has 27 heavy (non-hydrogen) atoms. The highest BCUT2D eigenvalue weighted by atomic mass is 16.5. The summed E-state index contributed by atoms with van der Waals surface area (Å²) in [4.78, 5) is 49.3. The lowest BCUT2D eigenvalue weighted by molar-refractivity contribution is -0.150. The number of ether oxygens (including phenoxy) is 1. The van der Waals surface area contributed by atoms with Gasteiger partial charge >= 0.3 is 12.0 Å². The maximum atomic E-state index is 12.5. The SMILES string of the molecule is Cc1ccc(C)c(NC(=O)COC(=O)CN2C(=O)N[C@](C)(C3CC3)C2=O)c1. The average molecular weight is 373 g/mol. The molecule has 8 heteroatoms. The fourth-order valence-corrected chi connectivity index (χ4v) is 3.17. The van der Waals surface area contributed by atoms with Gasteiger partial charge in [-0.05, 0) is 56.7 Å². The number of carbonyl (C=O) groups excluding carboxylic acids is 4. The molecule has 0 unspecified atom stereocenters. The molecule has 1 aromatic carbocycles. The number of aryl methyl sites for hydroxylation is 2. The molecule has 1 aromatic rings. The molecule has 3 rings (SSSR count). The van der Waals surface area contributed by atoms with E-state index in [-0.39, 0.29) is 5.92 Å². The lowest BCUT2D eigenvalue weighted by Gasteiger charge is -2.20. The van der Waals surface area contributed by atoms with Gasteiger partial charge in [-0.2, -0.15) is 0 Å². The third-order valence-electron chi connectivity index (χ3n) is 5.01. The topological polar surface area (TPSA) is 105 Å². The van der Waals surface area contributed by atoms with Crippen molar-refractivity contribution in [3.63, 3.8) is 0 Å². The molecule has 2 N–H and O–H groups in total. The van der Waals surface area contributed by atoms with Gasteiger partial charge in [0, 0.05) is 5.69 Å². The first-order valence-electron chi connectivity index (χ1n) is 8.87. The van der Waals surface area contributed by atoms with Crippen molar-refractivity contribution in [2.45, 2.75) is 39.2 Å². The second-order valence-electron chi connectivity index (χ2n) is 7.33. The van der Waals surface area contributed by atoms with Crippen LogP contribution in [0.25, 0.3) is 0 Å². The zero-order valence-corrected chi connectivity index (χ0v) is 15.6. The maximum absolute atomic E-state index is 12.5. The van der Waals surface area contributed by atoms with Gasteiger partial charge in [0.1, 0.15) is 12.1 Å². The van der Waals surface area contributed by atoms with E-state index >= 15 is 0 Å². The van der Waals surface area contributed by atoms with E-state index in [1.54, 1.807) is 6.92 Å². The standard InChI is InChI=1S/C19H23N3O5/c1-11-4-5-12(2)14(8-11)20-15(23)10-27-16(24)9-22-17(25)19(3,13-6-7-13)21-18(22)26/h4-5,8,13H,6-7,9-10H2,1-3H3,(H,20,23)(H,21,26)/t19-/m1/s1. The zero-order chi connectivity index (χ0) is 19.8. The van der Waals surface area contributed by atoms with Gasteiger partial charge in [0.05, 0.1) is 0 Å². The predicted molar refractivity (Wildman–Crippen MR) is 96.9 cm³/mol. The van der Waals surface area contributed by atoms with Crippen molar-refractivity contribution < 1.29 is 23.9 Å². The fourth-order valence-electron chi connectivity index (χ4n) is 3.17. The Hall–Kier alpha value is -2.90. The first-order valence-corrected chi connectivity index (χ1v) is 8.87. The van der Waals surface area contributed by atoms with Crippen molar-refractivity contribution in [3.05, 3.63) is 29.3 Å². The summed E-state index contributed by atoms with van der Waals surface area (Å²) < 4.78 is 4.92. The summed E-state index contributed by atoms with van der Waals surface area (Å²) in [6.07, 6.45) is 1.75. The van der Waals surface area contributed by atoms with Crippen molar-refractivity contribution in [1.29, 1.82) is 0 Å². The predicted octanol–water partition coefficient (Wildman–Crippen LogP) is 1.51. The number of imide groups is 1. The van der Waals surface area contributed by atoms with Gasteiger partial charge < -0.3 is 15.4 Å². The van der Waals surface area contributed by atoms with E-state index in [4.69, 9.17) is 4.74 Å². The molecule has 144 valence electrons. The van der Waals surface area contributed by atoms with Crippen molar-refractivity contribution in [3.8, 4) is 0 Å². The summed E-state index contributed by atoms with van der Waals surface area (Å²) in [7, 11) is 0. The number of esters is 1. The smallest absolute Gasteiger partial charge is 0.326 e. The van der Waals surface area contributed by atoms with Crippen LogP contribution in [-0.2, 0) is 19.1 Å². The van der Waals surface area contributed by atoms with Gasteiger partial charge in [-0.15, -0.1) is 0 Å². The lowest BCUT2D eigenvalue weighted by Crippen LogP contribution is -2.46. The Morgan fingerprint density at radius 3 is 2.67 bits per heavy atom. The van der Waals surface area contributed by atoms with Crippen LogP contribution < -0.4 is 10.6 Å². The second-order valence-corrected chi connectivity index (χ2v) is 7.33. The highest BCUT2D eigenvalue weighted by molar-refractivity contribution is 6.09. The molecular weight excluding hydrogens is 350 g/mol. The normalized spacial score (nSPS) is 21.8. The summed E-state index contributed by atoms with van der Waals surface area (Å²) in [5.41, 5.74) is 1.58. The van der Waals surface area contributed by atoms with Crippen LogP contribution in [0.15, 0.2) is 18.2 Å². The molecular formula is C19H23N3O5. The van der Waals surface area contributed by atoms with Crippen molar-refractivity contribution >= 4 is 29.5 Å². The van der Waals surface area contributed by atoms with E-state index < -0.39 is 42.5 Å². The zero-order valence-electron chi connectivity index (χ0n) is 15.6. The van der Waals surface area contributed by atoms with Crippen LogP contribution >= 0.6 is 0 Å². The summed E-state index contributed by atoms with van der Waals surface area (Å²) in [6, 6.07) is 5.02. The first-order chi connectivity index (χ1) is 12.7. The van der Waals surface area contributed by atoms with Gasteiger partial charge in [-0.1, -0.05) is 12.1 Å². The molecule has 1 atom stereocenters. The largest absolute Gasteiger partial charge is 0.454 e. The number of carbonyl (C=O) groups is 4. The van der Waals surface area contributed by atoms with Crippen molar-refractivity contribution in [1.82, 2.24) is 10.2 Å². The Balaban J connectivity index is 1.51. The maximum Gasteiger partial charge on any atom is 0.326 e. The summed E-state index contributed by atoms with van der Waals surface area (Å²) in [5, 5.41) is 5.33. The Kier molecular flexibility index (Phi) is 4.91. The number of nitrogens with one attached hydrogen (secondary N) is 2. The van der Waals surface area contributed by atoms with Crippen LogP contribution in [0.1, 0.15) is 30.9 Å². The molecule has 0 aromatic heterocycles. The number of benzene rings is 1. The summed E-state index contributed by atoms with van der Waals surface area (Å²) >= 11 is 0. The number of nitrogens with zero attached hydrogens (tertiary/aromatic N) is 1. The second kappa shape index (κ2) is 7.02. The minimum Gasteiger partial charge on any atom is -0.454 e. The number of amides is 4. The third kappa shape index (κ3) is 3.94. The average Bonchev–Trinajstić information content (AvgIpc) is 3.43. The molecule has 4 amide bonds. The molecule has 0 spiro atoms. The highest BCUT2D eigenvalue weighted by Crippen LogP contribution is 2.42. The first kappa shape index (κ1) is 18.9. The van der Waals surface area contributed by atoms with E-state index in [1.807, 2.05) is 32.0 Å². The fraction of sp³-hybridized carbons (Fsp3) is 0.474. The van der Waals surface area contributed by atoms with Gasteiger partial charge in [0.2, 0.25) is 0 Å². The molecule has 1 heterocycles. The quantitative estimate of drug-likeness (QED) is 0.581. The molecule has 1 aliphatic heterocycles. The number of rotatable bonds is 6. The van der Waals surface area contributed by atoms with E-state index in [2.05, 4.69) is 10.6 Å². The van der Waals surface area contributed by atoms with E-state index in [0.29, 0.717) is 5.69 Å². The minimum atomic E-state index is -0.947. The number of anilines is 1. The number of urea groups is 1. The van der Waals surface area contributed by atoms with E-state index in [1.165, 1.54) is 0 Å². The molecule has 1 aliphatic carbocycles. The van der Waals surface area contributed by atoms with Crippen molar-refractivity contribution in [2.24, 2.45) is 5.92 Å². The molecule has 2 fully saturated rings. The number of hydrogen-bond acceptors (Lipinski definition) is 5. The van der Waals surface area contributed by atoms with Crippen LogP contribution in [-0.4, -0.2) is 47.4 Å². The Morgan fingerprint density at radius 1 is 1.30 bits per heavy atom. The van der Waals surface area contributed by atoms with Gasteiger partial charge in [-0.3, -0.25) is 19.3 Å². The number of hydrogen-bond donors (Lipinski definition) is 2. The van der Waals surface area contributed by atoms with E-state index in [0.717, 1.165) is 28.9 Å². The van der Waals surface area contributed by atoms with Crippen LogP contribution in [0.2, 0.25) is 0 Å². The molecule has 8 nitrogen and oxygen atoms in total. The summed E-state index contributed by atoms with van der Waals surface area (Å²) in [6.45, 7) is 4.44. The Labute approximate surface area is 157 Å². The third-order valence-corrected chi connectivity index (χ3v) is 5.01. The van der Waals surface area contributed by atoms with Gasteiger partial charge in [0.15, 0.2) is 6.61 Å². The Bertz CT molecular complexity index is 818. The highest BCUT2D eigenvalue weighted by Gasteiger charge is 2.56. The van der Waals surface area contributed by atoms with Gasteiger partial charge in [0.25, 0.3) is 11.8 Å². The molecule has 1 saturated carbocycles. The van der Waals surface area contributed by atoms with Crippen LogP contribution in [0, 0.1) is 19.8 Å². The van der Waals surface area contributed by atoms with Crippen LogP contribution in [0.5, 0.6) is 0 Å². The van der Waals surface area contributed by atoms with Crippen LogP contribution in [0.3, 0.4) is 0 Å². The van der Waals surface area contributed by atoms with E-state index in [9.17, 15) is 19.2 Å². The minimum absolute atomic E-state index is 0.110. The van der Waals surface area contributed by atoms with Gasteiger partial charge in [-0.25, -0.2) is 4.79 Å². The molecule has 2 aliphatic rings. The monoisotopic (exact) mass is 373 g/mol. The van der Waals surface area contributed by atoms with Crippen molar-refractivity contribution in [2.75, 3.05) is 18.5 Å².